The summed E-state index contributed by atoms with van der Waals surface area (Å²) in [5, 5.41) is 7.41. The van der Waals surface area contributed by atoms with E-state index < -0.39 is 0 Å². The molecule has 0 unspecified atom stereocenters. The zero-order valence-corrected chi connectivity index (χ0v) is 10.1. The maximum absolute atomic E-state index is 11.7. The Balaban J connectivity index is 2.06. The van der Waals surface area contributed by atoms with E-state index in [1.54, 1.807) is 35.3 Å². The molecule has 88 valence electrons. The minimum Gasteiger partial charge on any atom is -0.324 e. The van der Waals surface area contributed by atoms with Gasteiger partial charge in [-0.05, 0) is 30.7 Å². The summed E-state index contributed by atoms with van der Waals surface area (Å²) in [6.07, 6.45) is 3.38. The molecule has 1 N–H and O–H groups in total. The largest absolute Gasteiger partial charge is 0.324 e. The van der Waals surface area contributed by atoms with Crippen molar-refractivity contribution in [3.63, 3.8) is 0 Å². The van der Waals surface area contributed by atoms with Gasteiger partial charge in [0.25, 0.3) is 0 Å². The summed E-state index contributed by atoms with van der Waals surface area (Å²) in [6, 6.07) is 7.19. The van der Waals surface area contributed by atoms with Crippen molar-refractivity contribution < 1.29 is 4.79 Å². The number of hydrogen-bond donors (Lipinski definition) is 1. The average Bonchev–Trinajstić information content (AvgIpc) is 2.77. The highest BCUT2D eigenvalue weighted by atomic mass is 35.5. The molecule has 4 nitrogen and oxygen atoms in total. The van der Waals surface area contributed by atoms with Crippen molar-refractivity contribution in [1.82, 2.24) is 9.78 Å². The number of carbonyl (C=O) groups is 1. The van der Waals surface area contributed by atoms with E-state index in [9.17, 15) is 4.79 Å². The van der Waals surface area contributed by atoms with Gasteiger partial charge in [-0.25, -0.2) is 0 Å². The minimum atomic E-state index is -0.126. The van der Waals surface area contributed by atoms with Crippen molar-refractivity contribution in [3.8, 4) is 0 Å². The zero-order chi connectivity index (χ0) is 12.3. The van der Waals surface area contributed by atoms with E-state index in [2.05, 4.69) is 10.4 Å². The average molecular weight is 250 g/mol. The van der Waals surface area contributed by atoms with Crippen LogP contribution in [0.1, 0.15) is 5.56 Å². The van der Waals surface area contributed by atoms with Gasteiger partial charge in [0.15, 0.2) is 0 Å². The number of benzene rings is 1. The molecule has 0 bridgehead atoms. The second-order valence-electron chi connectivity index (χ2n) is 3.66. The molecule has 1 aromatic carbocycles. The molecule has 0 aliphatic heterocycles. The molecule has 1 aromatic heterocycles. The van der Waals surface area contributed by atoms with Gasteiger partial charge >= 0.3 is 0 Å². The fourth-order valence-corrected chi connectivity index (χ4v) is 1.65. The predicted molar refractivity (Wildman–Crippen MR) is 67.0 cm³/mol. The number of anilines is 1. The normalized spacial score (nSPS) is 10.2. The van der Waals surface area contributed by atoms with E-state index in [0.717, 1.165) is 11.3 Å². The molecule has 0 fully saturated rings. The van der Waals surface area contributed by atoms with Crippen molar-refractivity contribution in [2.24, 2.45) is 0 Å². The van der Waals surface area contributed by atoms with Crippen LogP contribution in [0.2, 0.25) is 5.02 Å². The number of halogens is 1. The van der Waals surface area contributed by atoms with Crippen molar-refractivity contribution in [3.05, 3.63) is 47.2 Å². The van der Waals surface area contributed by atoms with Crippen molar-refractivity contribution in [2.75, 3.05) is 5.32 Å². The van der Waals surface area contributed by atoms with Crippen LogP contribution in [0, 0.1) is 6.92 Å². The maximum atomic E-state index is 11.7. The Bertz CT molecular complexity index is 523. The van der Waals surface area contributed by atoms with E-state index >= 15 is 0 Å². The zero-order valence-electron chi connectivity index (χ0n) is 9.35. The fraction of sp³-hybridized carbons (Fsp3) is 0.167. The minimum absolute atomic E-state index is 0.126. The summed E-state index contributed by atoms with van der Waals surface area (Å²) in [7, 11) is 0. The van der Waals surface area contributed by atoms with Gasteiger partial charge in [-0.2, -0.15) is 5.10 Å². The number of hydrogen-bond acceptors (Lipinski definition) is 2. The van der Waals surface area contributed by atoms with Crippen molar-refractivity contribution >= 4 is 23.2 Å². The summed E-state index contributed by atoms with van der Waals surface area (Å²) in [4.78, 5) is 11.7. The van der Waals surface area contributed by atoms with Gasteiger partial charge in [-0.3, -0.25) is 9.48 Å². The third-order valence-corrected chi connectivity index (χ3v) is 2.82. The van der Waals surface area contributed by atoms with Crippen LogP contribution >= 0.6 is 11.6 Å². The summed E-state index contributed by atoms with van der Waals surface area (Å²) in [5.41, 5.74) is 1.60. The second-order valence-corrected chi connectivity index (χ2v) is 4.07. The van der Waals surface area contributed by atoms with Crippen LogP contribution in [0.5, 0.6) is 0 Å². The van der Waals surface area contributed by atoms with E-state index in [1.807, 2.05) is 13.0 Å². The topological polar surface area (TPSA) is 46.9 Å². The maximum Gasteiger partial charge on any atom is 0.246 e. The lowest BCUT2D eigenvalue weighted by Crippen LogP contribution is -2.19. The van der Waals surface area contributed by atoms with Crippen LogP contribution in [0.15, 0.2) is 36.7 Å². The van der Waals surface area contributed by atoms with E-state index in [4.69, 9.17) is 11.6 Å². The van der Waals surface area contributed by atoms with Gasteiger partial charge in [0.05, 0.1) is 0 Å². The SMILES string of the molecule is Cc1c(Cl)cccc1NC(=O)Cn1cccn1. The summed E-state index contributed by atoms with van der Waals surface area (Å²) < 4.78 is 1.56. The molecule has 1 amide bonds. The summed E-state index contributed by atoms with van der Waals surface area (Å²) in [5.74, 6) is -0.126. The number of nitrogens with one attached hydrogen (secondary N) is 1. The molecule has 5 heteroatoms. The lowest BCUT2D eigenvalue weighted by atomic mass is 10.2. The Labute approximate surface area is 104 Å². The van der Waals surface area contributed by atoms with Gasteiger partial charge < -0.3 is 5.32 Å². The molecule has 2 aromatic rings. The Morgan fingerprint density at radius 1 is 1.47 bits per heavy atom. The van der Waals surface area contributed by atoms with Gasteiger partial charge in [-0.15, -0.1) is 0 Å². The lowest BCUT2D eigenvalue weighted by Gasteiger charge is -2.09. The standard InChI is InChI=1S/C12H12ClN3O/c1-9-10(13)4-2-5-11(9)15-12(17)8-16-7-3-6-14-16/h2-7H,8H2,1H3,(H,15,17). The molecule has 0 aliphatic carbocycles. The highest BCUT2D eigenvalue weighted by Crippen LogP contribution is 2.22. The van der Waals surface area contributed by atoms with Crippen LogP contribution in [0.3, 0.4) is 0 Å². The molecule has 1 heterocycles. The van der Waals surface area contributed by atoms with Crippen LogP contribution < -0.4 is 5.32 Å². The highest BCUT2D eigenvalue weighted by Gasteiger charge is 2.07. The first-order chi connectivity index (χ1) is 8.16. The van der Waals surface area contributed by atoms with Crippen LogP contribution in [-0.4, -0.2) is 15.7 Å². The Morgan fingerprint density at radius 3 is 3.00 bits per heavy atom. The first-order valence-corrected chi connectivity index (χ1v) is 5.57. The summed E-state index contributed by atoms with van der Waals surface area (Å²) >= 11 is 5.97. The molecular formula is C12H12ClN3O. The van der Waals surface area contributed by atoms with Crippen molar-refractivity contribution in [1.29, 1.82) is 0 Å². The highest BCUT2D eigenvalue weighted by molar-refractivity contribution is 6.31. The van der Waals surface area contributed by atoms with Crippen LogP contribution in [0.25, 0.3) is 0 Å². The molecule has 0 saturated heterocycles. The summed E-state index contributed by atoms with van der Waals surface area (Å²) in [6.45, 7) is 2.06. The van der Waals surface area contributed by atoms with Gasteiger partial charge in [0, 0.05) is 23.1 Å². The van der Waals surface area contributed by atoms with Crippen LogP contribution in [-0.2, 0) is 11.3 Å². The quantitative estimate of drug-likeness (QED) is 0.909. The number of aromatic nitrogens is 2. The monoisotopic (exact) mass is 249 g/mol. The first-order valence-electron chi connectivity index (χ1n) is 5.19. The lowest BCUT2D eigenvalue weighted by molar-refractivity contribution is -0.116. The number of amides is 1. The number of carbonyl (C=O) groups excluding carboxylic acids is 1. The number of rotatable bonds is 3. The molecule has 2 rings (SSSR count). The molecule has 0 atom stereocenters. The second kappa shape index (κ2) is 5.01. The molecule has 17 heavy (non-hydrogen) atoms. The Kier molecular flexibility index (Phi) is 3.44. The predicted octanol–water partition coefficient (Wildman–Crippen LogP) is 2.48. The van der Waals surface area contributed by atoms with Crippen molar-refractivity contribution in [2.45, 2.75) is 13.5 Å². The van der Waals surface area contributed by atoms with Gasteiger partial charge in [-0.1, -0.05) is 17.7 Å². The van der Waals surface area contributed by atoms with E-state index in [1.165, 1.54) is 0 Å². The van der Waals surface area contributed by atoms with E-state index in [0.29, 0.717) is 5.02 Å². The Hall–Kier alpha value is -1.81. The molecule has 0 spiro atoms. The third kappa shape index (κ3) is 2.85. The molecule has 0 aliphatic rings. The fourth-order valence-electron chi connectivity index (χ4n) is 1.47. The van der Waals surface area contributed by atoms with Gasteiger partial charge in [0.1, 0.15) is 6.54 Å². The van der Waals surface area contributed by atoms with Gasteiger partial charge in [0.2, 0.25) is 5.91 Å². The van der Waals surface area contributed by atoms with E-state index in [-0.39, 0.29) is 12.5 Å². The molecule has 0 saturated carbocycles. The smallest absolute Gasteiger partial charge is 0.246 e. The molecular weight excluding hydrogens is 238 g/mol. The molecule has 0 radical (unpaired) electrons. The van der Waals surface area contributed by atoms with Crippen LogP contribution in [0.4, 0.5) is 5.69 Å². The third-order valence-electron chi connectivity index (χ3n) is 2.41. The Morgan fingerprint density at radius 2 is 2.29 bits per heavy atom. The first kappa shape index (κ1) is 11.7. The number of nitrogens with zero attached hydrogens (tertiary/aromatic N) is 2.